The fourth-order valence-corrected chi connectivity index (χ4v) is 1.26. The maximum absolute atomic E-state index is 9.23. The molecule has 0 atom stereocenters. The SMILES string of the molecule is CC1(O)CN(CCN)C1. The lowest BCUT2D eigenvalue weighted by atomic mass is 9.97. The quantitative estimate of drug-likeness (QED) is 0.504. The number of aliphatic hydroxyl groups is 1. The van der Waals surface area contributed by atoms with Crippen LogP contribution in [0.1, 0.15) is 6.92 Å². The van der Waals surface area contributed by atoms with E-state index in [1.165, 1.54) is 0 Å². The zero-order valence-electron chi connectivity index (χ0n) is 5.80. The van der Waals surface area contributed by atoms with Gasteiger partial charge in [-0.05, 0) is 6.92 Å². The lowest BCUT2D eigenvalue weighted by Crippen LogP contribution is -2.60. The molecule has 0 radical (unpaired) electrons. The standard InChI is InChI=1S/C6H14N2O/c1-6(9)4-8(5-6)3-2-7/h9H,2-5,7H2,1H3. The van der Waals surface area contributed by atoms with E-state index in [4.69, 9.17) is 5.73 Å². The molecule has 3 heteroatoms. The Labute approximate surface area is 55.5 Å². The highest BCUT2D eigenvalue weighted by Gasteiger charge is 2.35. The van der Waals surface area contributed by atoms with Crippen LogP contribution < -0.4 is 5.73 Å². The van der Waals surface area contributed by atoms with Crippen LogP contribution in [0.15, 0.2) is 0 Å². The van der Waals surface area contributed by atoms with Crippen molar-refractivity contribution in [1.29, 1.82) is 0 Å². The average Bonchev–Trinajstić information content (AvgIpc) is 1.62. The predicted octanol–water partition coefficient (Wildman–Crippen LogP) is -0.988. The highest BCUT2D eigenvalue weighted by Crippen LogP contribution is 2.17. The first-order chi connectivity index (χ1) is 4.14. The minimum atomic E-state index is -0.435. The van der Waals surface area contributed by atoms with Crippen molar-refractivity contribution in [1.82, 2.24) is 4.90 Å². The highest BCUT2D eigenvalue weighted by molar-refractivity contribution is 4.91. The van der Waals surface area contributed by atoms with Gasteiger partial charge in [-0.2, -0.15) is 0 Å². The average molecular weight is 130 g/mol. The van der Waals surface area contributed by atoms with Crippen LogP contribution in [0.25, 0.3) is 0 Å². The normalized spacial score (nSPS) is 25.7. The Kier molecular flexibility index (Phi) is 1.75. The number of hydrogen-bond acceptors (Lipinski definition) is 3. The molecule has 0 amide bonds. The molecule has 1 aliphatic rings. The van der Waals surface area contributed by atoms with E-state index in [9.17, 15) is 5.11 Å². The van der Waals surface area contributed by atoms with Crippen LogP contribution in [-0.2, 0) is 0 Å². The van der Waals surface area contributed by atoms with E-state index in [-0.39, 0.29) is 0 Å². The molecule has 54 valence electrons. The van der Waals surface area contributed by atoms with Crippen LogP contribution in [0.2, 0.25) is 0 Å². The predicted molar refractivity (Wildman–Crippen MR) is 36.1 cm³/mol. The van der Waals surface area contributed by atoms with Crippen LogP contribution in [-0.4, -0.2) is 41.8 Å². The third-order valence-electron chi connectivity index (χ3n) is 1.57. The van der Waals surface area contributed by atoms with Gasteiger partial charge in [0, 0.05) is 26.2 Å². The minimum Gasteiger partial charge on any atom is -0.388 e. The maximum atomic E-state index is 9.23. The fourth-order valence-electron chi connectivity index (χ4n) is 1.26. The van der Waals surface area contributed by atoms with Gasteiger partial charge in [0.25, 0.3) is 0 Å². The topological polar surface area (TPSA) is 49.5 Å². The van der Waals surface area contributed by atoms with Gasteiger partial charge in [-0.25, -0.2) is 0 Å². The molecular formula is C6H14N2O. The molecular weight excluding hydrogens is 116 g/mol. The molecule has 0 spiro atoms. The Morgan fingerprint density at radius 2 is 2.22 bits per heavy atom. The summed E-state index contributed by atoms with van der Waals surface area (Å²) < 4.78 is 0. The summed E-state index contributed by atoms with van der Waals surface area (Å²) in [5, 5.41) is 9.23. The van der Waals surface area contributed by atoms with Gasteiger partial charge in [-0.1, -0.05) is 0 Å². The smallest absolute Gasteiger partial charge is 0.0872 e. The molecule has 0 aromatic carbocycles. The van der Waals surface area contributed by atoms with Crippen molar-refractivity contribution in [2.45, 2.75) is 12.5 Å². The molecule has 0 aromatic rings. The molecule has 0 unspecified atom stereocenters. The lowest BCUT2D eigenvalue weighted by Gasteiger charge is -2.44. The van der Waals surface area contributed by atoms with Gasteiger partial charge in [0.15, 0.2) is 0 Å². The van der Waals surface area contributed by atoms with E-state index in [0.29, 0.717) is 6.54 Å². The summed E-state index contributed by atoms with van der Waals surface area (Å²) >= 11 is 0. The molecule has 3 nitrogen and oxygen atoms in total. The van der Waals surface area contributed by atoms with Gasteiger partial charge in [0.2, 0.25) is 0 Å². The third-order valence-corrected chi connectivity index (χ3v) is 1.57. The number of nitrogens with zero attached hydrogens (tertiary/aromatic N) is 1. The van der Waals surface area contributed by atoms with Crippen LogP contribution in [0.5, 0.6) is 0 Å². The number of rotatable bonds is 2. The zero-order valence-corrected chi connectivity index (χ0v) is 5.80. The summed E-state index contributed by atoms with van der Waals surface area (Å²) in [6.07, 6.45) is 0. The molecule has 1 aliphatic heterocycles. The molecule has 1 fully saturated rings. The second-order valence-corrected chi connectivity index (χ2v) is 3.00. The number of β-amino-alcohol motifs (C(OH)–C–C–N with tert-alkyl or cyclic N) is 1. The van der Waals surface area contributed by atoms with Gasteiger partial charge in [-0.15, -0.1) is 0 Å². The van der Waals surface area contributed by atoms with Gasteiger partial charge >= 0.3 is 0 Å². The summed E-state index contributed by atoms with van der Waals surface area (Å²) in [4.78, 5) is 2.14. The number of nitrogens with two attached hydrogens (primary N) is 1. The summed E-state index contributed by atoms with van der Waals surface area (Å²) in [6, 6.07) is 0. The maximum Gasteiger partial charge on any atom is 0.0872 e. The van der Waals surface area contributed by atoms with Crippen LogP contribution in [0.3, 0.4) is 0 Å². The Balaban J connectivity index is 2.12. The van der Waals surface area contributed by atoms with Crippen molar-refractivity contribution in [3.63, 3.8) is 0 Å². The molecule has 3 N–H and O–H groups in total. The Bertz CT molecular complexity index is 95.2. The molecule has 9 heavy (non-hydrogen) atoms. The molecule has 0 aliphatic carbocycles. The summed E-state index contributed by atoms with van der Waals surface area (Å²) in [5.41, 5.74) is 4.87. The summed E-state index contributed by atoms with van der Waals surface area (Å²) in [6.45, 7) is 5.01. The monoisotopic (exact) mass is 130 g/mol. The fraction of sp³-hybridized carbons (Fsp3) is 1.00. The van der Waals surface area contributed by atoms with Crippen molar-refractivity contribution in [2.24, 2.45) is 5.73 Å². The Morgan fingerprint density at radius 1 is 1.67 bits per heavy atom. The second-order valence-electron chi connectivity index (χ2n) is 3.00. The van der Waals surface area contributed by atoms with Gasteiger partial charge in [-0.3, -0.25) is 4.90 Å². The Morgan fingerprint density at radius 3 is 2.56 bits per heavy atom. The largest absolute Gasteiger partial charge is 0.388 e. The molecule has 0 aromatic heterocycles. The van der Waals surface area contributed by atoms with E-state index >= 15 is 0 Å². The van der Waals surface area contributed by atoms with E-state index in [0.717, 1.165) is 19.6 Å². The van der Waals surface area contributed by atoms with Crippen molar-refractivity contribution >= 4 is 0 Å². The third kappa shape index (κ3) is 1.64. The minimum absolute atomic E-state index is 0.435. The summed E-state index contributed by atoms with van der Waals surface area (Å²) in [7, 11) is 0. The molecule has 1 heterocycles. The van der Waals surface area contributed by atoms with Gasteiger partial charge in [0.1, 0.15) is 0 Å². The lowest BCUT2D eigenvalue weighted by molar-refractivity contribution is -0.0814. The van der Waals surface area contributed by atoms with E-state index in [1.54, 1.807) is 0 Å². The molecule has 0 bridgehead atoms. The zero-order chi connectivity index (χ0) is 6.91. The van der Waals surface area contributed by atoms with Crippen LogP contribution >= 0.6 is 0 Å². The first kappa shape index (κ1) is 6.99. The van der Waals surface area contributed by atoms with E-state index < -0.39 is 5.60 Å². The van der Waals surface area contributed by atoms with Crippen molar-refractivity contribution in [2.75, 3.05) is 26.2 Å². The van der Waals surface area contributed by atoms with Crippen LogP contribution in [0.4, 0.5) is 0 Å². The van der Waals surface area contributed by atoms with E-state index in [1.807, 2.05) is 6.92 Å². The van der Waals surface area contributed by atoms with Gasteiger partial charge < -0.3 is 10.8 Å². The van der Waals surface area contributed by atoms with Crippen molar-refractivity contribution < 1.29 is 5.11 Å². The molecule has 1 rings (SSSR count). The molecule has 0 saturated carbocycles. The second kappa shape index (κ2) is 2.25. The first-order valence-electron chi connectivity index (χ1n) is 3.29. The summed E-state index contributed by atoms with van der Waals surface area (Å²) in [5.74, 6) is 0. The highest BCUT2D eigenvalue weighted by atomic mass is 16.3. The van der Waals surface area contributed by atoms with Crippen LogP contribution in [0, 0.1) is 0 Å². The van der Waals surface area contributed by atoms with Crippen molar-refractivity contribution in [3.05, 3.63) is 0 Å². The van der Waals surface area contributed by atoms with Gasteiger partial charge in [0.05, 0.1) is 5.60 Å². The van der Waals surface area contributed by atoms with E-state index in [2.05, 4.69) is 4.90 Å². The first-order valence-corrected chi connectivity index (χ1v) is 3.29. The number of likely N-dealkylation sites (tertiary alicyclic amines) is 1. The molecule has 1 saturated heterocycles. The number of hydrogen-bond donors (Lipinski definition) is 2. The van der Waals surface area contributed by atoms with Crippen molar-refractivity contribution in [3.8, 4) is 0 Å². The Hall–Kier alpha value is -0.120.